The monoisotopic (exact) mass is 650 g/mol. The molecule has 1 saturated carbocycles. The zero-order valence-electron chi connectivity index (χ0n) is 24.7. The first kappa shape index (κ1) is 31.0. The van der Waals surface area contributed by atoms with Crippen molar-refractivity contribution in [2.24, 2.45) is 17.0 Å². The highest BCUT2D eigenvalue weighted by Gasteiger charge is 2.43. The summed E-state index contributed by atoms with van der Waals surface area (Å²) < 4.78 is 56.1. The molecule has 4 aromatic rings. The number of sulfonamides is 1. The number of hydrogen-bond donors (Lipinski definition) is 2. The first-order valence-corrected chi connectivity index (χ1v) is 17.0. The quantitative estimate of drug-likeness (QED) is 0.199. The molecule has 0 spiro atoms. The second-order valence-electron chi connectivity index (χ2n) is 12.0. The molecule has 2 aromatic carbocycles. The molecule has 2 aliphatic carbocycles. The minimum Gasteiger partial charge on any atom is -0.476 e. The number of nitrogens with two attached hydrogens (primary N) is 1. The Labute approximate surface area is 264 Å². The summed E-state index contributed by atoms with van der Waals surface area (Å²) in [6.07, 6.45) is 6.53. The molecule has 234 valence electrons. The number of halogens is 2. The van der Waals surface area contributed by atoms with Gasteiger partial charge in [-0.3, -0.25) is 0 Å². The molecule has 0 radical (unpaired) electrons. The van der Waals surface area contributed by atoms with Crippen molar-refractivity contribution in [1.82, 2.24) is 14.8 Å². The van der Waals surface area contributed by atoms with Crippen LogP contribution in [-0.4, -0.2) is 34.3 Å². The van der Waals surface area contributed by atoms with Gasteiger partial charge in [0.15, 0.2) is 5.69 Å². The van der Waals surface area contributed by atoms with E-state index in [-0.39, 0.29) is 23.9 Å². The Hall–Kier alpha value is -4.00. The molecule has 0 amide bonds. The van der Waals surface area contributed by atoms with E-state index in [2.05, 4.69) is 4.98 Å². The van der Waals surface area contributed by atoms with E-state index in [0.717, 1.165) is 47.1 Å². The summed E-state index contributed by atoms with van der Waals surface area (Å²) in [7, 11) is -4.26. The minimum absolute atomic E-state index is 0.0659. The maximum absolute atomic E-state index is 15.5. The number of aromatic carboxylic acids is 1. The van der Waals surface area contributed by atoms with Gasteiger partial charge >= 0.3 is 5.97 Å². The van der Waals surface area contributed by atoms with Gasteiger partial charge in [0.2, 0.25) is 15.2 Å². The SMILES string of the molecule is CC(C)C1(c2nn(-c3nc(C(=O)O)cs3)c(CC3CC3)c2Cc2ccc(S(N)(=O)=O)c(F)c2)C=CC(F)=C(c2ccccc2)C1. The third-order valence-corrected chi connectivity index (χ3v) is 10.5. The van der Waals surface area contributed by atoms with E-state index in [1.54, 1.807) is 4.68 Å². The Bertz CT molecular complexity index is 1960. The standard InChI is InChI=1S/C33H32F2N4O4S2/c1-19(2)33(13-12-25(34)24(17-33)22-6-4-3-5-7-22)30-23(14-21-10-11-29(26(35)15-21)45(36,42)43)28(16-20-8-9-20)39(38-30)32-37-27(18-44-32)31(40)41/h3-7,10-13,15,18-20H,8-9,14,16-17H2,1-2H3,(H,40,41)(H2,36,42,43). The molecule has 1 unspecified atom stereocenters. The maximum atomic E-state index is 15.5. The molecular weight excluding hydrogens is 619 g/mol. The number of carboxylic acid groups (broad SMARTS) is 1. The molecular formula is C33H32F2N4O4S2. The van der Waals surface area contributed by atoms with Crippen LogP contribution in [0.5, 0.6) is 0 Å². The van der Waals surface area contributed by atoms with E-state index >= 15 is 8.78 Å². The number of rotatable bonds is 10. The van der Waals surface area contributed by atoms with Crippen LogP contribution in [0.1, 0.15) is 71.7 Å². The number of carboxylic acids is 1. The number of hydrogen-bond acceptors (Lipinski definition) is 6. The summed E-state index contributed by atoms with van der Waals surface area (Å²) in [5.41, 5.74) is 3.20. The Kier molecular flexibility index (Phi) is 8.09. The molecule has 1 atom stereocenters. The molecule has 0 bridgehead atoms. The van der Waals surface area contributed by atoms with Crippen LogP contribution in [0.2, 0.25) is 0 Å². The number of nitrogens with zero attached hydrogens (tertiary/aromatic N) is 3. The van der Waals surface area contributed by atoms with Gasteiger partial charge in [-0.25, -0.2) is 36.8 Å². The fourth-order valence-electron chi connectivity index (χ4n) is 6.03. The van der Waals surface area contributed by atoms with Crippen molar-refractivity contribution in [2.45, 2.75) is 56.3 Å². The second kappa shape index (κ2) is 11.7. The molecule has 2 aliphatic rings. The van der Waals surface area contributed by atoms with Crippen LogP contribution in [-0.2, 0) is 28.3 Å². The number of allylic oxidation sites excluding steroid dienone is 4. The van der Waals surface area contributed by atoms with Gasteiger partial charge in [-0.1, -0.05) is 56.3 Å². The number of aromatic nitrogens is 3. The van der Waals surface area contributed by atoms with E-state index in [0.29, 0.717) is 40.7 Å². The smallest absolute Gasteiger partial charge is 0.355 e. The second-order valence-corrected chi connectivity index (χ2v) is 14.4. The molecule has 3 N–H and O–H groups in total. The molecule has 0 saturated heterocycles. The summed E-state index contributed by atoms with van der Waals surface area (Å²) in [6.45, 7) is 4.10. The van der Waals surface area contributed by atoms with Crippen molar-refractivity contribution in [3.8, 4) is 5.13 Å². The summed E-state index contributed by atoms with van der Waals surface area (Å²) in [4.78, 5) is 15.5. The summed E-state index contributed by atoms with van der Waals surface area (Å²) in [5.74, 6) is -2.11. The fourth-order valence-corrected chi connectivity index (χ4v) is 7.39. The van der Waals surface area contributed by atoms with E-state index in [1.807, 2.05) is 50.3 Å². The summed E-state index contributed by atoms with van der Waals surface area (Å²) in [5, 5.41) is 21.8. The van der Waals surface area contributed by atoms with Crippen LogP contribution in [0.25, 0.3) is 10.7 Å². The zero-order valence-corrected chi connectivity index (χ0v) is 26.3. The lowest BCUT2D eigenvalue weighted by Gasteiger charge is -2.37. The number of carbonyl (C=O) groups is 1. The lowest BCUT2D eigenvalue weighted by Crippen LogP contribution is -2.34. The highest BCUT2D eigenvalue weighted by molar-refractivity contribution is 7.89. The van der Waals surface area contributed by atoms with E-state index in [4.69, 9.17) is 10.2 Å². The first-order valence-electron chi connectivity index (χ1n) is 14.6. The van der Waals surface area contributed by atoms with Crippen LogP contribution in [0.4, 0.5) is 8.78 Å². The maximum Gasteiger partial charge on any atom is 0.355 e. The molecule has 6 rings (SSSR count). The van der Waals surface area contributed by atoms with Crippen molar-refractivity contribution in [1.29, 1.82) is 0 Å². The summed E-state index contributed by atoms with van der Waals surface area (Å²) >= 11 is 1.16. The lowest BCUT2D eigenvalue weighted by atomic mass is 9.65. The average molecular weight is 651 g/mol. The molecule has 8 nitrogen and oxygen atoms in total. The minimum atomic E-state index is -4.26. The molecule has 12 heteroatoms. The Balaban J connectivity index is 1.57. The third-order valence-electron chi connectivity index (χ3n) is 8.72. The summed E-state index contributed by atoms with van der Waals surface area (Å²) in [6, 6.07) is 13.2. The van der Waals surface area contributed by atoms with Gasteiger partial charge in [-0.05, 0) is 72.4 Å². The Morgan fingerprint density at radius 2 is 1.91 bits per heavy atom. The largest absolute Gasteiger partial charge is 0.476 e. The average Bonchev–Trinajstić information content (AvgIpc) is 3.55. The number of benzene rings is 2. The van der Waals surface area contributed by atoms with Gasteiger partial charge < -0.3 is 5.11 Å². The zero-order chi connectivity index (χ0) is 32.1. The van der Waals surface area contributed by atoms with Crippen LogP contribution in [0.15, 0.2) is 76.8 Å². The van der Waals surface area contributed by atoms with E-state index in [9.17, 15) is 18.3 Å². The highest BCUT2D eigenvalue weighted by Crippen LogP contribution is 2.49. The van der Waals surface area contributed by atoms with Crippen LogP contribution in [0, 0.1) is 17.7 Å². The highest BCUT2D eigenvalue weighted by atomic mass is 32.2. The van der Waals surface area contributed by atoms with Crippen molar-refractivity contribution in [3.63, 3.8) is 0 Å². The van der Waals surface area contributed by atoms with Crippen LogP contribution >= 0.6 is 11.3 Å². The molecule has 2 aromatic heterocycles. The number of primary sulfonamides is 1. The van der Waals surface area contributed by atoms with E-state index in [1.165, 1.54) is 23.6 Å². The normalized spacial score (nSPS) is 18.6. The van der Waals surface area contributed by atoms with Crippen molar-refractivity contribution >= 4 is 32.9 Å². The van der Waals surface area contributed by atoms with Gasteiger partial charge in [-0.2, -0.15) is 5.10 Å². The predicted octanol–water partition coefficient (Wildman–Crippen LogP) is 6.59. The molecule has 1 fully saturated rings. The van der Waals surface area contributed by atoms with Crippen LogP contribution < -0.4 is 5.14 Å². The van der Waals surface area contributed by atoms with Gasteiger partial charge in [-0.15, -0.1) is 11.3 Å². The third kappa shape index (κ3) is 6.01. The Morgan fingerprint density at radius 3 is 2.51 bits per heavy atom. The lowest BCUT2D eigenvalue weighted by molar-refractivity contribution is 0.0691. The van der Waals surface area contributed by atoms with Crippen LogP contribution in [0.3, 0.4) is 0 Å². The number of thiazole rings is 1. The molecule has 2 heterocycles. The first-order chi connectivity index (χ1) is 21.4. The molecule has 45 heavy (non-hydrogen) atoms. The molecule has 0 aliphatic heterocycles. The van der Waals surface area contributed by atoms with Gasteiger partial charge in [0.25, 0.3) is 0 Å². The van der Waals surface area contributed by atoms with Gasteiger partial charge in [0.05, 0.1) is 11.4 Å². The fraction of sp³-hybridized carbons (Fsp3) is 0.303. The van der Waals surface area contributed by atoms with Crippen molar-refractivity contribution in [2.75, 3.05) is 0 Å². The predicted molar refractivity (Wildman–Crippen MR) is 168 cm³/mol. The topological polar surface area (TPSA) is 128 Å². The van der Waals surface area contributed by atoms with Gasteiger partial charge in [0.1, 0.15) is 16.5 Å². The van der Waals surface area contributed by atoms with Crippen molar-refractivity contribution in [3.05, 3.63) is 111 Å². The van der Waals surface area contributed by atoms with Crippen molar-refractivity contribution < 1.29 is 27.1 Å². The Morgan fingerprint density at radius 1 is 1.18 bits per heavy atom. The van der Waals surface area contributed by atoms with E-state index < -0.39 is 32.1 Å². The van der Waals surface area contributed by atoms with Gasteiger partial charge in [0, 0.05) is 22.8 Å².